The van der Waals surface area contributed by atoms with Gasteiger partial charge in [-0.1, -0.05) is 12.1 Å². The molecule has 1 rings (SSSR count). The molecule has 0 amide bonds. The molecule has 0 aliphatic carbocycles. The molecular formula is C12H16N2O. The van der Waals surface area contributed by atoms with E-state index >= 15 is 0 Å². The van der Waals surface area contributed by atoms with E-state index in [-0.39, 0.29) is 6.10 Å². The van der Waals surface area contributed by atoms with Crippen LogP contribution in [0.5, 0.6) is 0 Å². The van der Waals surface area contributed by atoms with Crippen LogP contribution < -0.4 is 5.32 Å². The van der Waals surface area contributed by atoms with Crippen LogP contribution in [0, 0.1) is 11.3 Å². The molecule has 1 unspecified atom stereocenters. The van der Waals surface area contributed by atoms with E-state index < -0.39 is 0 Å². The Bertz CT molecular complexity index is 324. The molecule has 0 heterocycles. The van der Waals surface area contributed by atoms with E-state index in [0.717, 1.165) is 25.1 Å². The van der Waals surface area contributed by atoms with Crippen molar-refractivity contribution in [1.29, 1.82) is 5.26 Å². The molecule has 0 aliphatic rings. The van der Waals surface area contributed by atoms with Crippen LogP contribution in [0.1, 0.15) is 24.5 Å². The van der Waals surface area contributed by atoms with E-state index in [1.54, 1.807) is 6.92 Å². The topological polar surface area (TPSA) is 56.0 Å². The lowest BCUT2D eigenvalue weighted by Crippen LogP contribution is -2.18. The van der Waals surface area contributed by atoms with Gasteiger partial charge in [0.2, 0.25) is 0 Å². The van der Waals surface area contributed by atoms with Crippen molar-refractivity contribution in [3.05, 3.63) is 35.4 Å². The maximum absolute atomic E-state index is 9.04. The van der Waals surface area contributed by atoms with Crippen LogP contribution in [0.2, 0.25) is 0 Å². The summed E-state index contributed by atoms with van der Waals surface area (Å²) in [5.41, 5.74) is 1.84. The number of nitrogens with zero attached hydrogens (tertiary/aromatic N) is 1. The molecule has 0 radical (unpaired) electrons. The SMILES string of the molecule is CC(O)CCNCc1ccc(C#N)cc1. The van der Waals surface area contributed by atoms with Crippen LogP contribution in [0.25, 0.3) is 0 Å². The van der Waals surface area contributed by atoms with Crippen molar-refractivity contribution < 1.29 is 5.11 Å². The molecule has 0 spiro atoms. The molecule has 0 saturated heterocycles. The summed E-state index contributed by atoms with van der Waals surface area (Å²) in [5, 5.41) is 20.9. The first-order chi connectivity index (χ1) is 7.22. The van der Waals surface area contributed by atoms with Crippen molar-refractivity contribution in [3.63, 3.8) is 0 Å². The quantitative estimate of drug-likeness (QED) is 0.713. The molecular weight excluding hydrogens is 188 g/mol. The normalized spacial score (nSPS) is 12.1. The van der Waals surface area contributed by atoms with E-state index in [1.807, 2.05) is 24.3 Å². The number of nitriles is 1. The minimum absolute atomic E-state index is 0.251. The molecule has 0 aromatic heterocycles. The Balaban J connectivity index is 2.29. The van der Waals surface area contributed by atoms with Gasteiger partial charge in [-0.25, -0.2) is 0 Å². The number of rotatable bonds is 5. The molecule has 1 aromatic rings. The Kier molecular flexibility index (Phi) is 4.82. The molecule has 80 valence electrons. The number of hydrogen-bond acceptors (Lipinski definition) is 3. The van der Waals surface area contributed by atoms with Gasteiger partial charge in [0, 0.05) is 6.54 Å². The predicted octanol–water partition coefficient (Wildman–Crippen LogP) is 1.42. The second kappa shape index (κ2) is 6.18. The van der Waals surface area contributed by atoms with Crippen LogP contribution in [0.3, 0.4) is 0 Å². The summed E-state index contributed by atoms with van der Waals surface area (Å²) in [5.74, 6) is 0. The lowest BCUT2D eigenvalue weighted by molar-refractivity contribution is 0.183. The fourth-order valence-electron chi connectivity index (χ4n) is 1.24. The van der Waals surface area contributed by atoms with Crippen molar-refractivity contribution in [2.75, 3.05) is 6.54 Å². The highest BCUT2D eigenvalue weighted by atomic mass is 16.3. The monoisotopic (exact) mass is 204 g/mol. The summed E-state index contributed by atoms with van der Waals surface area (Å²) in [6.45, 7) is 3.36. The van der Waals surface area contributed by atoms with Gasteiger partial charge in [0.15, 0.2) is 0 Å². The van der Waals surface area contributed by atoms with Gasteiger partial charge >= 0.3 is 0 Å². The van der Waals surface area contributed by atoms with Crippen LogP contribution in [-0.2, 0) is 6.54 Å². The standard InChI is InChI=1S/C12H16N2O/c1-10(15)6-7-14-9-12-4-2-11(8-13)3-5-12/h2-5,10,14-15H,6-7,9H2,1H3. The summed E-state index contributed by atoms with van der Waals surface area (Å²) in [6.07, 6.45) is 0.509. The van der Waals surface area contributed by atoms with Gasteiger partial charge in [0.25, 0.3) is 0 Å². The molecule has 0 fully saturated rings. The van der Waals surface area contributed by atoms with Gasteiger partial charge in [-0.3, -0.25) is 0 Å². The van der Waals surface area contributed by atoms with Crippen LogP contribution in [0.4, 0.5) is 0 Å². The highest BCUT2D eigenvalue weighted by Crippen LogP contribution is 2.02. The summed E-state index contributed by atoms with van der Waals surface area (Å²) in [4.78, 5) is 0. The molecule has 1 aromatic carbocycles. The van der Waals surface area contributed by atoms with Gasteiger partial charge in [-0.05, 0) is 37.6 Å². The van der Waals surface area contributed by atoms with Gasteiger partial charge < -0.3 is 10.4 Å². The van der Waals surface area contributed by atoms with Crippen molar-refractivity contribution in [3.8, 4) is 6.07 Å². The van der Waals surface area contributed by atoms with E-state index in [9.17, 15) is 0 Å². The van der Waals surface area contributed by atoms with Crippen LogP contribution in [-0.4, -0.2) is 17.8 Å². The number of aliphatic hydroxyl groups excluding tert-OH is 1. The summed E-state index contributed by atoms with van der Waals surface area (Å²) in [7, 11) is 0. The van der Waals surface area contributed by atoms with E-state index in [2.05, 4.69) is 11.4 Å². The Hall–Kier alpha value is -1.37. The first kappa shape index (κ1) is 11.7. The van der Waals surface area contributed by atoms with E-state index in [4.69, 9.17) is 10.4 Å². The number of aliphatic hydroxyl groups is 1. The van der Waals surface area contributed by atoms with Gasteiger partial charge in [0.05, 0.1) is 17.7 Å². The molecule has 3 heteroatoms. The molecule has 0 bridgehead atoms. The maximum Gasteiger partial charge on any atom is 0.0991 e. The van der Waals surface area contributed by atoms with E-state index in [1.165, 1.54) is 0 Å². The minimum atomic E-state index is -0.251. The highest BCUT2D eigenvalue weighted by molar-refractivity contribution is 5.31. The van der Waals surface area contributed by atoms with E-state index in [0.29, 0.717) is 5.56 Å². The fourth-order valence-corrected chi connectivity index (χ4v) is 1.24. The number of benzene rings is 1. The summed E-state index contributed by atoms with van der Waals surface area (Å²) < 4.78 is 0. The number of hydrogen-bond donors (Lipinski definition) is 2. The molecule has 3 nitrogen and oxygen atoms in total. The van der Waals surface area contributed by atoms with Crippen LogP contribution >= 0.6 is 0 Å². The second-order valence-corrected chi connectivity index (χ2v) is 3.62. The highest BCUT2D eigenvalue weighted by Gasteiger charge is 1.96. The first-order valence-electron chi connectivity index (χ1n) is 5.10. The third-order valence-electron chi connectivity index (χ3n) is 2.15. The van der Waals surface area contributed by atoms with Crippen molar-refractivity contribution >= 4 is 0 Å². The first-order valence-corrected chi connectivity index (χ1v) is 5.10. The van der Waals surface area contributed by atoms with Crippen molar-refractivity contribution in [2.45, 2.75) is 26.0 Å². The molecule has 0 saturated carbocycles. The lowest BCUT2D eigenvalue weighted by Gasteiger charge is -2.06. The third-order valence-corrected chi connectivity index (χ3v) is 2.15. The summed E-state index contributed by atoms with van der Waals surface area (Å²) in [6, 6.07) is 9.58. The van der Waals surface area contributed by atoms with Crippen molar-refractivity contribution in [1.82, 2.24) is 5.32 Å². The molecule has 2 N–H and O–H groups in total. The second-order valence-electron chi connectivity index (χ2n) is 3.62. The zero-order valence-electron chi connectivity index (χ0n) is 8.90. The minimum Gasteiger partial charge on any atom is -0.393 e. The Morgan fingerprint density at radius 3 is 2.60 bits per heavy atom. The molecule has 15 heavy (non-hydrogen) atoms. The summed E-state index contributed by atoms with van der Waals surface area (Å²) >= 11 is 0. The Morgan fingerprint density at radius 2 is 2.07 bits per heavy atom. The van der Waals surface area contributed by atoms with Crippen molar-refractivity contribution in [2.24, 2.45) is 0 Å². The maximum atomic E-state index is 9.04. The van der Waals surface area contributed by atoms with Crippen LogP contribution in [0.15, 0.2) is 24.3 Å². The zero-order chi connectivity index (χ0) is 11.1. The Labute approximate surface area is 90.4 Å². The smallest absolute Gasteiger partial charge is 0.0991 e. The Morgan fingerprint density at radius 1 is 1.40 bits per heavy atom. The predicted molar refractivity (Wildman–Crippen MR) is 59.2 cm³/mol. The van der Waals surface area contributed by atoms with Gasteiger partial charge in [-0.2, -0.15) is 5.26 Å². The molecule has 0 aliphatic heterocycles. The number of nitrogens with one attached hydrogen (secondary N) is 1. The molecule has 1 atom stereocenters. The third kappa shape index (κ3) is 4.59. The zero-order valence-corrected chi connectivity index (χ0v) is 8.90. The largest absolute Gasteiger partial charge is 0.393 e. The van der Waals surface area contributed by atoms with Gasteiger partial charge in [-0.15, -0.1) is 0 Å². The average Bonchev–Trinajstić information content (AvgIpc) is 2.25. The van der Waals surface area contributed by atoms with Gasteiger partial charge in [0.1, 0.15) is 0 Å². The fraction of sp³-hybridized carbons (Fsp3) is 0.417. The average molecular weight is 204 g/mol. The lowest BCUT2D eigenvalue weighted by atomic mass is 10.1.